The van der Waals surface area contributed by atoms with Gasteiger partial charge in [-0.15, -0.1) is 0 Å². The molecule has 0 atom stereocenters. The van der Waals surface area contributed by atoms with E-state index < -0.39 is 16.1 Å². The Hall–Kier alpha value is -1.61. The number of hydrogen-bond acceptors (Lipinski definition) is 4. The van der Waals surface area contributed by atoms with Crippen LogP contribution in [0.25, 0.3) is 0 Å². The van der Waals surface area contributed by atoms with E-state index >= 15 is 0 Å². The van der Waals surface area contributed by atoms with Crippen LogP contribution in [-0.4, -0.2) is 24.2 Å². The number of nitrogens with one attached hydrogen (secondary N) is 1. The van der Waals surface area contributed by atoms with E-state index in [4.69, 9.17) is 10.9 Å². The lowest BCUT2D eigenvalue weighted by atomic mass is 10.6. The fourth-order valence-electron chi connectivity index (χ4n) is 0.878. The van der Waals surface area contributed by atoms with E-state index in [1.165, 1.54) is 17.9 Å². The molecule has 0 aromatic carbocycles. The third-order valence-corrected chi connectivity index (χ3v) is 2.26. The van der Waals surface area contributed by atoms with Gasteiger partial charge in [0.25, 0.3) is 0 Å². The zero-order valence-electron chi connectivity index (χ0n) is 7.26. The van der Waals surface area contributed by atoms with Crippen molar-refractivity contribution in [1.82, 2.24) is 9.78 Å². The van der Waals surface area contributed by atoms with E-state index in [0.29, 0.717) is 0 Å². The summed E-state index contributed by atoms with van der Waals surface area (Å²) < 4.78 is 23.2. The van der Waals surface area contributed by atoms with Crippen LogP contribution in [-0.2, 0) is 17.1 Å². The molecule has 0 bridgehead atoms. The molecular weight excluding hydrogens is 210 g/mol. The number of hydrogen-bond donors (Lipinski definition) is 3. The molecule has 0 aliphatic carbocycles. The van der Waals surface area contributed by atoms with E-state index in [0.717, 1.165) is 0 Å². The first-order valence-corrected chi connectivity index (χ1v) is 4.98. The quantitative estimate of drug-likeness (QED) is 0.561. The van der Waals surface area contributed by atoms with E-state index in [2.05, 4.69) is 5.10 Å². The molecule has 0 saturated heterocycles. The third kappa shape index (κ3) is 2.20. The molecule has 1 heterocycles. The Balaban J connectivity index is 3.23. The van der Waals surface area contributed by atoms with Gasteiger partial charge in [-0.05, 0) is 0 Å². The predicted octanol–water partition coefficient (Wildman–Crippen LogP) is -1.44. The third-order valence-electron chi connectivity index (χ3n) is 1.34. The number of sulfonamides is 1. The van der Waals surface area contributed by atoms with Crippen LogP contribution in [0.2, 0.25) is 0 Å². The lowest BCUT2D eigenvalue weighted by Crippen LogP contribution is -2.22. The molecule has 0 saturated carbocycles. The molecule has 0 fully saturated rings. The molecule has 5 N–H and O–H groups in total. The molecular formula is C5H9N5O3S. The Morgan fingerprint density at radius 2 is 2.21 bits per heavy atom. The Morgan fingerprint density at radius 1 is 1.64 bits per heavy atom. The number of urea groups is 1. The number of nitrogens with zero attached hydrogens (tertiary/aromatic N) is 2. The second-order valence-corrected chi connectivity index (χ2v) is 4.08. The summed E-state index contributed by atoms with van der Waals surface area (Å²) in [5, 5.41) is 10.6. The number of anilines is 1. The van der Waals surface area contributed by atoms with Gasteiger partial charge in [-0.25, -0.2) is 18.4 Å². The van der Waals surface area contributed by atoms with E-state index in [1.54, 1.807) is 0 Å². The highest BCUT2D eigenvalue weighted by molar-refractivity contribution is 7.89. The molecule has 14 heavy (non-hydrogen) atoms. The molecule has 1 aromatic rings. The Morgan fingerprint density at radius 3 is 2.64 bits per heavy atom. The van der Waals surface area contributed by atoms with Crippen LogP contribution < -0.4 is 16.2 Å². The van der Waals surface area contributed by atoms with Gasteiger partial charge < -0.3 is 5.73 Å². The van der Waals surface area contributed by atoms with Gasteiger partial charge >= 0.3 is 6.03 Å². The summed E-state index contributed by atoms with van der Waals surface area (Å²) in [4.78, 5) is 10.2. The Kier molecular flexibility index (Phi) is 2.45. The van der Waals surface area contributed by atoms with Crippen molar-refractivity contribution in [3.63, 3.8) is 0 Å². The highest BCUT2D eigenvalue weighted by Gasteiger charge is 2.18. The minimum Gasteiger partial charge on any atom is -0.351 e. The average Bonchev–Trinajstić information content (AvgIpc) is 2.28. The molecule has 0 aliphatic rings. The van der Waals surface area contributed by atoms with Gasteiger partial charge in [0.1, 0.15) is 4.90 Å². The molecule has 8 nitrogen and oxygen atoms in total. The zero-order valence-corrected chi connectivity index (χ0v) is 8.08. The van der Waals surface area contributed by atoms with Crippen molar-refractivity contribution in [3.05, 3.63) is 6.20 Å². The van der Waals surface area contributed by atoms with Crippen LogP contribution >= 0.6 is 0 Å². The van der Waals surface area contributed by atoms with Crippen LogP contribution in [0.1, 0.15) is 0 Å². The highest BCUT2D eigenvalue weighted by atomic mass is 32.2. The van der Waals surface area contributed by atoms with E-state index in [9.17, 15) is 13.2 Å². The molecule has 0 spiro atoms. The number of rotatable bonds is 2. The van der Waals surface area contributed by atoms with Gasteiger partial charge in [0.2, 0.25) is 10.0 Å². The smallest absolute Gasteiger partial charge is 0.317 e. The molecule has 0 radical (unpaired) electrons. The monoisotopic (exact) mass is 219 g/mol. The topological polar surface area (TPSA) is 133 Å². The molecule has 1 aromatic heterocycles. The number of primary amides is 1. The number of aromatic nitrogens is 2. The minimum absolute atomic E-state index is 0.178. The van der Waals surface area contributed by atoms with Crippen molar-refractivity contribution < 1.29 is 13.2 Å². The standard InChI is InChI=1S/C5H9N5O3S/c1-10-2-3(14(7,12)13)4(9-10)8-5(6)11/h2H,1H3,(H2,7,12,13)(H3,6,8,9,11). The second kappa shape index (κ2) is 3.27. The van der Waals surface area contributed by atoms with Crippen molar-refractivity contribution in [1.29, 1.82) is 0 Å². The summed E-state index contributed by atoms with van der Waals surface area (Å²) in [6, 6.07) is -0.909. The van der Waals surface area contributed by atoms with Crippen LogP contribution in [0.5, 0.6) is 0 Å². The van der Waals surface area contributed by atoms with E-state index in [1.807, 2.05) is 5.32 Å². The number of amides is 2. The van der Waals surface area contributed by atoms with Gasteiger partial charge in [-0.3, -0.25) is 10.00 Å². The van der Waals surface area contributed by atoms with Gasteiger partial charge in [0.05, 0.1) is 0 Å². The van der Waals surface area contributed by atoms with Crippen LogP contribution in [0.3, 0.4) is 0 Å². The Labute approximate surface area is 79.9 Å². The molecule has 9 heteroatoms. The normalized spacial score (nSPS) is 11.3. The number of primary sulfonamides is 1. The number of aryl methyl sites for hydroxylation is 1. The molecule has 0 aliphatic heterocycles. The van der Waals surface area contributed by atoms with Crippen molar-refractivity contribution >= 4 is 21.9 Å². The highest BCUT2D eigenvalue weighted by Crippen LogP contribution is 2.16. The largest absolute Gasteiger partial charge is 0.351 e. The summed E-state index contributed by atoms with van der Waals surface area (Å²) in [7, 11) is -2.42. The van der Waals surface area contributed by atoms with Gasteiger partial charge in [0, 0.05) is 13.2 Å². The van der Waals surface area contributed by atoms with Crippen molar-refractivity contribution in [2.24, 2.45) is 17.9 Å². The summed E-state index contributed by atoms with van der Waals surface area (Å²) in [6.45, 7) is 0. The van der Waals surface area contributed by atoms with Crippen molar-refractivity contribution in [3.8, 4) is 0 Å². The van der Waals surface area contributed by atoms with Crippen LogP contribution in [0, 0.1) is 0 Å². The SMILES string of the molecule is Cn1cc(S(N)(=O)=O)c(NC(N)=O)n1. The summed E-state index contributed by atoms with van der Waals surface area (Å²) in [6.07, 6.45) is 1.17. The van der Waals surface area contributed by atoms with Crippen molar-refractivity contribution in [2.45, 2.75) is 4.90 Å². The van der Waals surface area contributed by atoms with Crippen LogP contribution in [0.15, 0.2) is 11.1 Å². The molecule has 1 rings (SSSR count). The first-order valence-electron chi connectivity index (χ1n) is 3.43. The number of carbonyl (C=O) groups excluding carboxylic acids is 1. The average molecular weight is 219 g/mol. The summed E-state index contributed by atoms with van der Waals surface area (Å²) in [5.41, 5.74) is 4.81. The lowest BCUT2D eigenvalue weighted by Gasteiger charge is -1.98. The van der Waals surface area contributed by atoms with Crippen LogP contribution in [0.4, 0.5) is 10.6 Å². The first-order chi connectivity index (χ1) is 6.30. The Bertz CT molecular complexity index is 462. The lowest BCUT2D eigenvalue weighted by molar-refractivity contribution is 0.259. The van der Waals surface area contributed by atoms with Gasteiger partial charge in [-0.1, -0.05) is 0 Å². The van der Waals surface area contributed by atoms with E-state index in [-0.39, 0.29) is 10.7 Å². The second-order valence-electron chi connectivity index (χ2n) is 2.55. The van der Waals surface area contributed by atoms with Gasteiger partial charge in [-0.2, -0.15) is 5.10 Å². The number of nitrogens with two attached hydrogens (primary N) is 2. The fourth-order valence-corrected chi connectivity index (χ4v) is 1.54. The first kappa shape index (κ1) is 10.5. The fraction of sp³-hybridized carbons (Fsp3) is 0.200. The zero-order chi connectivity index (χ0) is 10.9. The summed E-state index contributed by atoms with van der Waals surface area (Å²) >= 11 is 0. The predicted molar refractivity (Wildman–Crippen MR) is 47.8 cm³/mol. The molecule has 2 amide bonds. The maximum Gasteiger partial charge on any atom is 0.317 e. The van der Waals surface area contributed by atoms with Crippen molar-refractivity contribution in [2.75, 3.05) is 5.32 Å². The minimum atomic E-state index is -3.91. The maximum atomic E-state index is 11.0. The van der Waals surface area contributed by atoms with Gasteiger partial charge in [0.15, 0.2) is 5.82 Å². The molecule has 78 valence electrons. The summed E-state index contributed by atoms with van der Waals surface area (Å²) in [5.74, 6) is -0.178. The molecule has 0 unspecified atom stereocenters. The number of carbonyl (C=O) groups is 1. The maximum absolute atomic E-state index is 11.0.